The summed E-state index contributed by atoms with van der Waals surface area (Å²) in [6.07, 6.45) is 1.15. The van der Waals surface area contributed by atoms with Crippen molar-refractivity contribution in [2.45, 2.75) is 19.8 Å². The number of hydrogen-bond donors (Lipinski definition) is 2. The van der Waals surface area contributed by atoms with E-state index >= 15 is 0 Å². The van der Waals surface area contributed by atoms with Crippen LogP contribution in [0.5, 0.6) is 0 Å². The number of carbonyl (C=O) groups is 2. The molecule has 5 nitrogen and oxygen atoms in total. The highest BCUT2D eigenvalue weighted by atomic mass is 32.1. The van der Waals surface area contributed by atoms with Crippen molar-refractivity contribution in [3.05, 3.63) is 33.5 Å². The Hall–Kier alpha value is -1.73. The van der Waals surface area contributed by atoms with Gasteiger partial charge in [0.25, 0.3) is 5.91 Å². The average Bonchev–Trinajstić information content (AvgIpc) is 3.08. The quantitative estimate of drug-likeness (QED) is 0.861. The molecule has 0 unspecified atom stereocenters. The smallest absolute Gasteiger partial charge is 0.258 e. The van der Waals surface area contributed by atoms with Gasteiger partial charge in [0.2, 0.25) is 5.91 Å². The maximum absolute atomic E-state index is 11.8. The van der Waals surface area contributed by atoms with Gasteiger partial charge in [0, 0.05) is 17.3 Å². The van der Waals surface area contributed by atoms with E-state index < -0.39 is 0 Å². The number of carbonyl (C=O) groups excluding carboxylic acids is 2. The van der Waals surface area contributed by atoms with Gasteiger partial charge in [-0.2, -0.15) is 11.3 Å². The number of thiazole rings is 1. The molecule has 2 heterocycles. The second kappa shape index (κ2) is 7.16. The lowest BCUT2D eigenvalue weighted by Gasteiger charge is -2.01. The summed E-state index contributed by atoms with van der Waals surface area (Å²) >= 11 is 2.79. The zero-order valence-electron chi connectivity index (χ0n) is 11.0. The number of aromatic nitrogens is 1. The van der Waals surface area contributed by atoms with E-state index in [1.54, 1.807) is 16.8 Å². The van der Waals surface area contributed by atoms with Crippen LogP contribution in [-0.2, 0) is 11.2 Å². The van der Waals surface area contributed by atoms with Gasteiger partial charge >= 0.3 is 0 Å². The van der Waals surface area contributed by atoms with Crippen LogP contribution in [0.15, 0.2) is 22.2 Å². The number of nitrogens with zero attached hydrogens (tertiary/aromatic N) is 1. The highest BCUT2D eigenvalue weighted by Gasteiger charge is 2.11. The number of anilines is 1. The maximum Gasteiger partial charge on any atom is 0.258 e. The molecule has 2 aromatic rings. The molecule has 7 heteroatoms. The Labute approximate surface area is 125 Å². The molecule has 0 aliphatic rings. The maximum atomic E-state index is 11.8. The lowest BCUT2D eigenvalue weighted by molar-refractivity contribution is -0.120. The largest absolute Gasteiger partial charge is 0.356 e. The van der Waals surface area contributed by atoms with Crippen LogP contribution in [0.2, 0.25) is 0 Å². The summed E-state index contributed by atoms with van der Waals surface area (Å²) in [5, 5.41) is 11.4. The van der Waals surface area contributed by atoms with Gasteiger partial charge in [-0.05, 0) is 17.9 Å². The molecule has 2 aromatic heterocycles. The van der Waals surface area contributed by atoms with E-state index in [-0.39, 0.29) is 18.2 Å². The first-order valence-electron chi connectivity index (χ1n) is 6.23. The van der Waals surface area contributed by atoms with Crippen LogP contribution in [0.4, 0.5) is 5.13 Å². The number of hydrogen-bond acceptors (Lipinski definition) is 5. The lowest BCUT2D eigenvalue weighted by atomic mass is 10.3. The molecule has 0 saturated heterocycles. The second-order valence-corrected chi connectivity index (χ2v) is 5.78. The van der Waals surface area contributed by atoms with Crippen molar-refractivity contribution in [3.63, 3.8) is 0 Å². The summed E-state index contributed by atoms with van der Waals surface area (Å²) < 4.78 is 0. The lowest BCUT2D eigenvalue weighted by Crippen LogP contribution is -2.25. The Kier molecular flexibility index (Phi) is 5.25. The standard InChI is InChI=1S/C13H15N3O2S2/c1-2-4-14-11(17)6-10-8-20-13(15-10)16-12(18)9-3-5-19-7-9/h3,5,7-8H,2,4,6H2,1H3,(H,14,17)(H,15,16,18). The van der Waals surface area contributed by atoms with Gasteiger partial charge in [-0.25, -0.2) is 4.98 Å². The molecule has 2 amide bonds. The number of thiophene rings is 1. The summed E-state index contributed by atoms with van der Waals surface area (Å²) in [6.45, 7) is 2.67. The fourth-order valence-corrected chi connectivity index (χ4v) is 2.84. The normalized spacial score (nSPS) is 10.2. The summed E-state index contributed by atoms with van der Waals surface area (Å²) in [7, 11) is 0. The molecule has 0 bridgehead atoms. The predicted octanol–water partition coefficient (Wildman–Crippen LogP) is 2.53. The second-order valence-electron chi connectivity index (χ2n) is 4.14. The van der Waals surface area contributed by atoms with Crippen molar-refractivity contribution in [2.24, 2.45) is 0 Å². The highest BCUT2D eigenvalue weighted by Crippen LogP contribution is 2.17. The molecule has 0 fully saturated rings. The molecule has 2 N–H and O–H groups in total. The highest BCUT2D eigenvalue weighted by molar-refractivity contribution is 7.14. The zero-order valence-corrected chi connectivity index (χ0v) is 12.6. The van der Waals surface area contributed by atoms with Crippen molar-refractivity contribution in [3.8, 4) is 0 Å². The summed E-state index contributed by atoms with van der Waals surface area (Å²) in [5.41, 5.74) is 1.29. The third kappa shape index (κ3) is 4.14. The van der Waals surface area contributed by atoms with E-state index in [2.05, 4.69) is 15.6 Å². The minimum absolute atomic E-state index is 0.0483. The first kappa shape index (κ1) is 14.7. The van der Waals surface area contributed by atoms with E-state index in [0.29, 0.717) is 22.9 Å². The number of amides is 2. The SMILES string of the molecule is CCCNC(=O)Cc1csc(NC(=O)c2ccsc2)n1. The van der Waals surface area contributed by atoms with Crippen LogP contribution >= 0.6 is 22.7 Å². The Morgan fingerprint density at radius 1 is 1.35 bits per heavy atom. The molecule has 2 rings (SSSR count). The molecule has 0 saturated carbocycles. The van der Waals surface area contributed by atoms with Gasteiger partial charge in [0.1, 0.15) is 0 Å². The van der Waals surface area contributed by atoms with E-state index in [1.165, 1.54) is 22.7 Å². The van der Waals surface area contributed by atoms with Gasteiger partial charge in [-0.1, -0.05) is 6.92 Å². The van der Waals surface area contributed by atoms with Crippen molar-refractivity contribution in [1.29, 1.82) is 0 Å². The monoisotopic (exact) mass is 309 g/mol. The number of rotatable bonds is 6. The minimum Gasteiger partial charge on any atom is -0.356 e. The molecule has 0 aromatic carbocycles. The van der Waals surface area contributed by atoms with Crippen LogP contribution < -0.4 is 10.6 Å². The zero-order chi connectivity index (χ0) is 14.4. The molecular weight excluding hydrogens is 294 g/mol. The van der Waals surface area contributed by atoms with Crippen molar-refractivity contribution in [1.82, 2.24) is 10.3 Å². The molecule has 0 aliphatic heterocycles. The molecule has 0 radical (unpaired) electrons. The first-order chi connectivity index (χ1) is 9.69. The summed E-state index contributed by atoms with van der Waals surface area (Å²) in [4.78, 5) is 27.6. The predicted molar refractivity (Wildman–Crippen MR) is 81.4 cm³/mol. The van der Waals surface area contributed by atoms with Crippen LogP contribution in [0.1, 0.15) is 29.4 Å². The van der Waals surface area contributed by atoms with Crippen molar-refractivity contribution < 1.29 is 9.59 Å². The summed E-state index contributed by atoms with van der Waals surface area (Å²) in [6, 6.07) is 1.76. The van der Waals surface area contributed by atoms with Crippen molar-refractivity contribution >= 4 is 39.6 Å². The van der Waals surface area contributed by atoms with E-state index in [0.717, 1.165) is 6.42 Å². The van der Waals surface area contributed by atoms with E-state index in [9.17, 15) is 9.59 Å². The molecule has 0 atom stereocenters. The molecule has 106 valence electrons. The van der Waals surface area contributed by atoms with E-state index in [4.69, 9.17) is 0 Å². The molecular formula is C13H15N3O2S2. The Bertz CT molecular complexity index is 578. The fraction of sp³-hybridized carbons (Fsp3) is 0.308. The average molecular weight is 309 g/mol. The molecule has 20 heavy (non-hydrogen) atoms. The molecule has 0 spiro atoms. The van der Waals surface area contributed by atoms with Gasteiger partial charge in [0.15, 0.2) is 5.13 Å². The van der Waals surface area contributed by atoms with E-state index in [1.807, 2.05) is 12.3 Å². The Balaban J connectivity index is 1.89. The van der Waals surface area contributed by atoms with Crippen LogP contribution in [-0.4, -0.2) is 23.3 Å². The van der Waals surface area contributed by atoms with Crippen LogP contribution in [0.3, 0.4) is 0 Å². The van der Waals surface area contributed by atoms with Gasteiger partial charge in [-0.3, -0.25) is 14.9 Å². The molecule has 0 aliphatic carbocycles. The van der Waals surface area contributed by atoms with Gasteiger partial charge < -0.3 is 5.32 Å². The van der Waals surface area contributed by atoms with Crippen LogP contribution in [0, 0.1) is 0 Å². The third-order valence-corrected chi connectivity index (χ3v) is 3.96. The topological polar surface area (TPSA) is 71.1 Å². The van der Waals surface area contributed by atoms with Gasteiger partial charge in [0.05, 0.1) is 17.7 Å². The number of nitrogens with one attached hydrogen (secondary N) is 2. The first-order valence-corrected chi connectivity index (χ1v) is 8.06. The Morgan fingerprint density at radius 3 is 2.90 bits per heavy atom. The van der Waals surface area contributed by atoms with Crippen LogP contribution in [0.25, 0.3) is 0 Å². The fourth-order valence-electron chi connectivity index (χ4n) is 1.50. The van der Waals surface area contributed by atoms with Gasteiger partial charge in [-0.15, -0.1) is 11.3 Å². The summed E-state index contributed by atoms with van der Waals surface area (Å²) in [5.74, 6) is -0.226. The van der Waals surface area contributed by atoms with Crippen molar-refractivity contribution in [2.75, 3.05) is 11.9 Å². The Morgan fingerprint density at radius 2 is 2.20 bits per heavy atom. The minimum atomic E-state index is -0.178. The third-order valence-electron chi connectivity index (χ3n) is 2.47.